The molecule has 1 amide bonds. The fourth-order valence-electron chi connectivity index (χ4n) is 3.26. The van der Waals surface area contributed by atoms with Gasteiger partial charge in [0.1, 0.15) is 4.88 Å². The second-order valence-electron chi connectivity index (χ2n) is 6.60. The fraction of sp³-hybridized carbons (Fsp3) is 0.389. The van der Waals surface area contributed by atoms with Gasteiger partial charge >= 0.3 is 0 Å². The lowest BCUT2D eigenvalue weighted by Crippen LogP contribution is -2.46. The van der Waals surface area contributed by atoms with Gasteiger partial charge in [-0.05, 0) is 38.8 Å². The maximum atomic E-state index is 15.7. The van der Waals surface area contributed by atoms with Crippen LogP contribution in [0.15, 0.2) is 29.0 Å². The molecule has 9 heteroatoms. The Morgan fingerprint density at radius 2 is 2.07 bits per heavy atom. The number of pyridine rings is 1. The molecule has 3 aromatic heterocycles. The zero-order valence-corrected chi connectivity index (χ0v) is 15.8. The number of likely N-dealkylation sites (tertiary alicyclic amines) is 1. The minimum atomic E-state index is -1.86. The first-order valence-corrected chi connectivity index (χ1v) is 9.45. The molecule has 1 unspecified atom stereocenters. The molecule has 4 heterocycles. The van der Waals surface area contributed by atoms with E-state index in [0.717, 1.165) is 5.01 Å². The molecule has 27 heavy (non-hydrogen) atoms. The van der Waals surface area contributed by atoms with Crippen LogP contribution in [0.4, 0.5) is 4.39 Å². The van der Waals surface area contributed by atoms with Crippen molar-refractivity contribution in [1.29, 1.82) is 0 Å². The standard InChI is InChI=1S/C18H18FN5O2S/c1-11-14(27-12(2)21-11)16(25)24-9-3-6-18(19,10-24)17-22-15(23-26-17)13-4-7-20-8-5-13/h4-5,7-8H,3,6,9-10H2,1-2H3. The van der Waals surface area contributed by atoms with Crippen LogP contribution in [0, 0.1) is 13.8 Å². The summed E-state index contributed by atoms with van der Waals surface area (Å²) in [5, 5.41) is 4.70. The van der Waals surface area contributed by atoms with Gasteiger partial charge in [-0.25, -0.2) is 9.37 Å². The van der Waals surface area contributed by atoms with Crippen molar-refractivity contribution in [3.63, 3.8) is 0 Å². The Morgan fingerprint density at radius 1 is 1.30 bits per heavy atom. The van der Waals surface area contributed by atoms with Gasteiger partial charge in [0, 0.05) is 24.5 Å². The molecule has 4 rings (SSSR count). The SMILES string of the molecule is Cc1nc(C)c(C(=O)N2CCCC(F)(c3nc(-c4ccncc4)no3)C2)s1. The van der Waals surface area contributed by atoms with Crippen LogP contribution in [0.3, 0.4) is 0 Å². The molecule has 0 radical (unpaired) electrons. The van der Waals surface area contributed by atoms with Gasteiger partial charge in [0.15, 0.2) is 0 Å². The smallest absolute Gasteiger partial charge is 0.266 e. The normalized spacial score (nSPS) is 20.0. The number of piperidine rings is 1. The molecule has 1 aliphatic heterocycles. The van der Waals surface area contributed by atoms with E-state index in [0.29, 0.717) is 34.9 Å². The number of hydrogen-bond acceptors (Lipinski definition) is 7. The lowest BCUT2D eigenvalue weighted by atomic mass is 9.94. The number of carbonyl (C=O) groups is 1. The quantitative estimate of drug-likeness (QED) is 0.685. The number of aryl methyl sites for hydroxylation is 2. The van der Waals surface area contributed by atoms with Crippen molar-refractivity contribution in [3.05, 3.63) is 46.0 Å². The Hall–Kier alpha value is -2.68. The van der Waals surface area contributed by atoms with Gasteiger partial charge in [-0.1, -0.05) is 5.16 Å². The van der Waals surface area contributed by atoms with Crippen molar-refractivity contribution in [2.75, 3.05) is 13.1 Å². The van der Waals surface area contributed by atoms with E-state index >= 15 is 4.39 Å². The second-order valence-corrected chi connectivity index (χ2v) is 7.81. The molecule has 0 N–H and O–H groups in total. The summed E-state index contributed by atoms with van der Waals surface area (Å²) in [5.41, 5.74) is -0.488. The molecule has 7 nitrogen and oxygen atoms in total. The maximum absolute atomic E-state index is 15.7. The highest BCUT2D eigenvalue weighted by Crippen LogP contribution is 2.36. The summed E-state index contributed by atoms with van der Waals surface area (Å²) in [6.45, 7) is 4.03. The molecule has 1 saturated heterocycles. The Balaban J connectivity index is 1.57. The van der Waals surface area contributed by atoms with Crippen LogP contribution in [-0.2, 0) is 5.67 Å². The van der Waals surface area contributed by atoms with Gasteiger partial charge in [-0.15, -0.1) is 11.3 Å². The van der Waals surface area contributed by atoms with Gasteiger partial charge in [0.25, 0.3) is 11.8 Å². The molecule has 0 aliphatic carbocycles. The van der Waals surface area contributed by atoms with Crippen LogP contribution in [0.1, 0.15) is 39.1 Å². The Labute approximate surface area is 159 Å². The molecule has 3 aromatic rings. The summed E-state index contributed by atoms with van der Waals surface area (Å²) in [6.07, 6.45) is 3.97. The van der Waals surface area contributed by atoms with E-state index in [2.05, 4.69) is 20.1 Å². The van der Waals surface area contributed by atoms with Crippen LogP contribution < -0.4 is 0 Å². The number of thiazole rings is 1. The molecule has 0 aromatic carbocycles. The monoisotopic (exact) mass is 387 g/mol. The summed E-state index contributed by atoms with van der Waals surface area (Å²) in [7, 11) is 0. The molecule has 1 aliphatic rings. The summed E-state index contributed by atoms with van der Waals surface area (Å²) in [6, 6.07) is 3.45. The lowest BCUT2D eigenvalue weighted by Gasteiger charge is -2.34. The van der Waals surface area contributed by atoms with Crippen molar-refractivity contribution in [3.8, 4) is 11.4 Å². The lowest BCUT2D eigenvalue weighted by molar-refractivity contribution is 0.0154. The topological polar surface area (TPSA) is 85.0 Å². The molecular weight excluding hydrogens is 369 g/mol. The first kappa shape index (κ1) is 17.7. The first-order chi connectivity index (χ1) is 13.0. The minimum Gasteiger partial charge on any atom is -0.335 e. The average molecular weight is 387 g/mol. The molecular formula is C18H18FN5O2S. The highest BCUT2D eigenvalue weighted by molar-refractivity contribution is 7.13. The van der Waals surface area contributed by atoms with Crippen LogP contribution in [-0.4, -0.2) is 44.0 Å². The van der Waals surface area contributed by atoms with Crippen LogP contribution in [0.2, 0.25) is 0 Å². The van der Waals surface area contributed by atoms with Gasteiger partial charge in [-0.3, -0.25) is 9.78 Å². The molecule has 0 spiro atoms. The second kappa shape index (κ2) is 6.80. The number of hydrogen-bond donors (Lipinski definition) is 0. The number of rotatable bonds is 3. The Bertz CT molecular complexity index is 973. The van der Waals surface area contributed by atoms with E-state index in [1.54, 1.807) is 31.5 Å². The van der Waals surface area contributed by atoms with Crippen LogP contribution in [0.5, 0.6) is 0 Å². The largest absolute Gasteiger partial charge is 0.335 e. The van der Waals surface area contributed by atoms with E-state index < -0.39 is 5.67 Å². The van der Waals surface area contributed by atoms with Crippen LogP contribution >= 0.6 is 11.3 Å². The zero-order chi connectivity index (χ0) is 19.0. The highest BCUT2D eigenvalue weighted by atomic mass is 32.1. The van der Waals surface area contributed by atoms with Gasteiger partial charge in [-0.2, -0.15) is 4.98 Å². The van der Waals surface area contributed by atoms with Crippen molar-refractivity contribution in [1.82, 2.24) is 25.0 Å². The predicted molar refractivity (Wildman–Crippen MR) is 97.0 cm³/mol. The Morgan fingerprint density at radius 3 is 2.78 bits per heavy atom. The number of carbonyl (C=O) groups excluding carboxylic acids is 1. The van der Waals surface area contributed by atoms with E-state index in [4.69, 9.17) is 4.52 Å². The zero-order valence-electron chi connectivity index (χ0n) is 15.0. The summed E-state index contributed by atoms with van der Waals surface area (Å²) in [4.78, 5) is 27.4. The van der Waals surface area contributed by atoms with Crippen molar-refractivity contribution in [2.45, 2.75) is 32.4 Å². The van der Waals surface area contributed by atoms with Gasteiger partial charge in [0.2, 0.25) is 11.5 Å². The van der Waals surface area contributed by atoms with Gasteiger partial charge < -0.3 is 9.42 Å². The van der Waals surface area contributed by atoms with E-state index in [-0.39, 0.29) is 24.8 Å². The van der Waals surface area contributed by atoms with Crippen molar-refractivity contribution >= 4 is 17.2 Å². The number of amides is 1. The number of alkyl halides is 1. The third-order valence-electron chi connectivity index (χ3n) is 4.58. The number of halogens is 1. The van der Waals surface area contributed by atoms with Crippen molar-refractivity contribution < 1.29 is 13.7 Å². The van der Waals surface area contributed by atoms with E-state index in [1.165, 1.54) is 16.2 Å². The first-order valence-electron chi connectivity index (χ1n) is 8.63. The predicted octanol–water partition coefficient (Wildman–Crippen LogP) is 3.31. The average Bonchev–Trinajstić information content (AvgIpc) is 3.29. The number of nitrogens with zero attached hydrogens (tertiary/aromatic N) is 5. The third kappa shape index (κ3) is 3.34. The molecule has 0 saturated carbocycles. The fourth-order valence-corrected chi connectivity index (χ4v) is 4.14. The summed E-state index contributed by atoms with van der Waals surface area (Å²) in [5.74, 6) is 0.0134. The molecule has 0 bridgehead atoms. The molecule has 1 fully saturated rings. The van der Waals surface area contributed by atoms with E-state index in [1.807, 2.05) is 6.92 Å². The summed E-state index contributed by atoms with van der Waals surface area (Å²) < 4.78 is 20.9. The Kier molecular flexibility index (Phi) is 4.47. The van der Waals surface area contributed by atoms with E-state index in [9.17, 15) is 4.79 Å². The van der Waals surface area contributed by atoms with Crippen LogP contribution in [0.25, 0.3) is 11.4 Å². The third-order valence-corrected chi connectivity index (χ3v) is 5.64. The maximum Gasteiger partial charge on any atom is 0.266 e. The molecule has 140 valence electrons. The van der Waals surface area contributed by atoms with Gasteiger partial charge in [0.05, 0.1) is 17.2 Å². The molecule has 1 atom stereocenters. The number of aromatic nitrogens is 4. The highest BCUT2D eigenvalue weighted by Gasteiger charge is 2.44. The van der Waals surface area contributed by atoms with Crippen molar-refractivity contribution in [2.24, 2.45) is 0 Å². The minimum absolute atomic E-state index is 0.0935. The summed E-state index contributed by atoms with van der Waals surface area (Å²) >= 11 is 1.33.